The fourth-order valence-electron chi connectivity index (χ4n) is 3.35. The molecule has 1 N–H and O–H groups in total. The van der Waals surface area contributed by atoms with E-state index in [1.165, 1.54) is 12.1 Å². The van der Waals surface area contributed by atoms with Gasteiger partial charge < -0.3 is 9.84 Å². The summed E-state index contributed by atoms with van der Waals surface area (Å²) in [6, 6.07) is 10.2. The Hall–Kier alpha value is -3.03. The fraction of sp³-hybridized carbons (Fsp3) is 0.304. The molecule has 7 heteroatoms. The first-order chi connectivity index (χ1) is 14.5. The van der Waals surface area contributed by atoms with E-state index in [4.69, 9.17) is 19.6 Å². The Bertz CT molecular complexity index is 1020. The highest BCUT2D eigenvalue weighted by Gasteiger charge is 2.16. The van der Waals surface area contributed by atoms with Crippen LogP contribution in [0.5, 0.6) is 5.75 Å². The predicted molar refractivity (Wildman–Crippen MR) is 110 cm³/mol. The molecule has 0 fully saturated rings. The third kappa shape index (κ3) is 5.31. The first-order valence-electron chi connectivity index (χ1n) is 9.69. The van der Waals surface area contributed by atoms with E-state index in [1.807, 2.05) is 19.1 Å². The molecule has 158 valence electrons. The summed E-state index contributed by atoms with van der Waals surface area (Å²) >= 11 is 0. The van der Waals surface area contributed by atoms with Crippen LogP contribution in [0.25, 0.3) is 10.9 Å². The molecule has 0 aliphatic carbocycles. The number of carbonyl (C=O) groups is 1. The van der Waals surface area contributed by atoms with Gasteiger partial charge in [-0.1, -0.05) is 12.1 Å². The molecule has 1 aromatic heterocycles. The maximum absolute atomic E-state index is 13.2. The Morgan fingerprint density at radius 1 is 1.10 bits per heavy atom. The number of pyridine rings is 1. The van der Waals surface area contributed by atoms with Gasteiger partial charge in [0.15, 0.2) is 5.75 Å². The smallest absolute Gasteiger partial charge is 0.303 e. The summed E-state index contributed by atoms with van der Waals surface area (Å²) in [5.41, 5.74) is 4.11. The lowest BCUT2D eigenvalue weighted by Crippen LogP contribution is -2.04. The number of carboxylic acids is 1. The van der Waals surface area contributed by atoms with E-state index in [-0.39, 0.29) is 18.8 Å². The highest BCUT2D eigenvalue weighted by molar-refractivity contribution is 5.89. The van der Waals surface area contributed by atoms with E-state index in [1.54, 1.807) is 25.4 Å². The number of methoxy groups -OCH3 is 1. The van der Waals surface area contributed by atoms with Gasteiger partial charge in [0, 0.05) is 23.6 Å². The normalized spacial score (nSPS) is 11.0. The molecule has 0 saturated carbocycles. The summed E-state index contributed by atoms with van der Waals surface area (Å²) in [6.45, 7) is 2.39. The van der Waals surface area contributed by atoms with Gasteiger partial charge in [0.1, 0.15) is 17.9 Å². The standard InChI is InChI=1S/C23H24FNO5/c1-3-29-30-14-18-12-17(6-9-21(26)27)20-11-16(13-25-22(20)23(18)28-2)10-15-4-7-19(24)8-5-15/h4-5,7-8,11-13H,3,6,9-10,14H2,1-2H3,(H,26,27). The highest BCUT2D eigenvalue weighted by Crippen LogP contribution is 2.33. The van der Waals surface area contributed by atoms with Crippen molar-refractivity contribution in [2.24, 2.45) is 0 Å². The van der Waals surface area contributed by atoms with Crippen molar-refractivity contribution in [3.8, 4) is 5.75 Å². The average Bonchev–Trinajstić information content (AvgIpc) is 2.74. The van der Waals surface area contributed by atoms with Gasteiger partial charge in [0.2, 0.25) is 0 Å². The summed E-state index contributed by atoms with van der Waals surface area (Å²) in [5, 5.41) is 9.97. The van der Waals surface area contributed by atoms with Crippen LogP contribution >= 0.6 is 0 Å². The van der Waals surface area contributed by atoms with Crippen LogP contribution in [0.3, 0.4) is 0 Å². The van der Waals surface area contributed by atoms with Crippen LogP contribution in [0, 0.1) is 5.82 Å². The molecule has 2 aromatic carbocycles. The van der Waals surface area contributed by atoms with E-state index < -0.39 is 5.97 Å². The van der Waals surface area contributed by atoms with E-state index in [2.05, 4.69) is 4.98 Å². The number of hydrogen-bond donors (Lipinski definition) is 1. The van der Waals surface area contributed by atoms with Crippen molar-refractivity contribution in [1.82, 2.24) is 4.98 Å². The second kappa shape index (κ2) is 10.1. The molecule has 0 aliphatic heterocycles. The van der Waals surface area contributed by atoms with Crippen molar-refractivity contribution >= 4 is 16.9 Å². The molecule has 6 nitrogen and oxygen atoms in total. The number of aliphatic carboxylic acids is 1. The number of fused-ring (bicyclic) bond motifs is 1. The zero-order chi connectivity index (χ0) is 21.5. The molecule has 0 saturated heterocycles. The van der Waals surface area contributed by atoms with E-state index >= 15 is 0 Å². The molecule has 0 atom stereocenters. The van der Waals surface area contributed by atoms with Crippen LogP contribution in [0.4, 0.5) is 4.39 Å². The van der Waals surface area contributed by atoms with Crippen LogP contribution < -0.4 is 4.74 Å². The second-order valence-corrected chi connectivity index (χ2v) is 6.83. The number of nitrogens with zero attached hydrogens (tertiary/aromatic N) is 1. The second-order valence-electron chi connectivity index (χ2n) is 6.83. The van der Waals surface area contributed by atoms with E-state index in [0.717, 1.165) is 27.6 Å². The number of hydrogen-bond acceptors (Lipinski definition) is 5. The molecule has 0 aliphatic rings. The van der Waals surface area contributed by atoms with E-state index in [9.17, 15) is 9.18 Å². The quantitative estimate of drug-likeness (QED) is 0.300. The number of ether oxygens (including phenoxy) is 1. The van der Waals surface area contributed by atoms with Crippen molar-refractivity contribution in [2.45, 2.75) is 32.8 Å². The molecule has 3 rings (SSSR count). The first kappa shape index (κ1) is 21.7. The Morgan fingerprint density at radius 3 is 2.53 bits per heavy atom. The summed E-state index contributed by atoms with van der Waals surface area (Å²) in [5.74, 6) is -0.587. The summed E-state index contributed by atoms with van der Waals surface area (Å²) < 4.78 is 18.8. The van der Waals surface area contributed by atoms with Crippen molar-refractivity contribution < 1.29 is 28.8 Å². The zero-order valence-corrected chi connectivity index (χ0v) is 17.0. The molecule has 30 heavy (non-hydrogen) atoms. The van der Waals surface area contributed by atoms with Gasteiger partial charge in [-0.2, -0.15) is 0 Å². The number of rotatable bonds is 10. The monoisotopic (exact) mass is 413 g/mol. The summed E-state index contributed by atoms with van der Waals surface area (Å²) in [6.07, 6.45) is 2.68. The predicted octanol–water partition coefficient (Wildman–Crippen LogP) is 4.46. The van der Waals surface area contributed by atoms with Gasteiger partial charge in [0.05, 0.1) is 13.7 Å². The minimum absolute atomic E-state index is 0.00459. The van der Waals surface area contributed by atoms with Gasteiger partial charge in [-0.25, -0.2) is 14.2 Å². The molecule has 0 amide bonds. The highest BCUT2D eigenvalue weighted by atomic mass is 19.1. The number of aryl methyl sites for hydroxylation is 1. The minimum atomic E-state index is -0.874. The lowest BCUT2D eigenvalue weighted by molar-refractivity contribution is -0.300. The minimum Gasteiger partial charge on any atom is -0.494 e. The summed E-state index contributed by atoms with van der Waals surface area (Å²) in [4.78, 5) is 25.9. The lowest BCUT2D eigenvalue weighted by atomic mass is 9.97. The number of aromatic nitrogens is 1. The largest absolute Gasteiger partial charge is 0.494 e. The van der Waals surface area contributed by atoms with Gasteiger partial charge in [-0.15, -0.1) is 0 Å². The maximum Gasteiger partial charge on any atom is 0.303 e. The van der Waals surface area contributed by atoms with Crippen LogP contribution in [-0.2, 0) is 34.0 Å². The molecular weight excluding hydrogens is 389 g/mol. The number of benzene rings is 2. The first-order valence-corrected chi connectivity index (χ1v) is 9.69. The van der Waals surface area contributed by atoms with Crippen molar-refractivity contribution in [2.75, 3.05) is 13.7 Å². The van der Waals surface area contributed by atoms with Gasteiger partial charge in [0.25, 0.3) is 0 Å². The fourth-order valence-corrected chi connectivity index (χ4v) is 3.35. The Balaban J connectivity index is 2.03. The molecule has 3 aromatic rings. The molecule has 0 unspecified atom stereocenters. The molecule has 0 spiro atoms. The van der Waals surface area contributed by atoms with E-state index in [0.29, 0.717) is 30.7 Å². The number of halogens is 1. The van der Waals surface area contributed by atoms with Crippen molar-refractivity contribution in [1.29, 1.82) is 0 Å². The Morgan fingerprint density at radius 2 is 1.87 bits per heavy atom. The summed E-state index contributed by atoms with van der Waals surface area (Å²) in [7, 11) is 1.56. The SMILES string of the molecule is CCOOCc1cc(CCC(=O)O)c2cc(Cc3ccc(F)cc3)cnc2c1OC. The zero-order valence-electron chi connectivity index (χ0n) is 17.0. The van der Waals surface area contributed by atoms with Crippen LogP contribution in [0.2, 0.25) is 0 Å². The topological polar surface area (TPSA) is 77.9 Å². The molecule has 0 radical (unpaired) electrons. The third-order valence-corrected chi connectivity index (χ3v) is 4.69. The van der Waals surface area contributed by atoms with Gasteiger partial charge >= 0.3 is 5.97 Å². The van der Waals surface area contributed by atoms with Gasteiger partial charge in [-0.3, -0.25) is 9.78 Å². The van der Waals surface area contributed by atoms with Crippen molar-refractivity contribution in [3.05, 3.63) is 70.7 Å². The molecular formula is C23H24FNO5. The maximum atomic E-state index is 13.2. The van der Waals surface area contributed by atoms with Gasteiger partial charge in [-0.05, 0) is 60.7 Å². The number of carboxylic acid groups (broad SMARTS) is 1. The van der Waals surface area contributed by atoms with Crippen molar-refractivity contribution in [3.63, 3.8) is 0 Å². The lowest BCUT2D eigenvalue weighted by Gasteiger charge is -2.16. The molecule has 0 bridgehead atoms. The Kier molecular flexibility index (Phi) is 7.32. The van der Waals surface area contributed by atoms with Crippen LogP contribution in [-0.4, -0.2) is 29.8 Å². The molecule has 1 heterocycles. The van der Waals surface area contributed by atoms with Crippen LogP contribution in [0.1, 0.15) is 35.6 Å². The average molecular weight is 413 g/mol. The Labute approximate surface area is 174 Å². The van der Waals surface area contributed by atoms with Crippen LogP contribution in [0.15, 0.2) is 42.6 Å². The third-order valence-electron chi connectivity index (χ3n) is 4.69.